The molecular formula is C9H18N4O3. The van der Waals surface area contributed by atoms with Gasteiger partial charge in [0.1, 0.15) is 0 Å². The monoisotopic (exact) mass is 230 g/mol. The molecule has 0 unspecified atom stereocenters. The number of rotatable bonds is 8. The van der Waals surface area contributed by atoms with E-state index in [0.29, 0.717) is 38.2 Å². The molecule has 0 atom stereocenters. The Bertz CT molecular complexity index is 284. The second-order valence-electron chi connectivity index (χ2n) is 3.16. The van der Waals surface area contributed by atoms with Gasteiger partial charge < -0.3 is 24.5 Å². The number of aromatic nitrogens is 2. The van der Waals surface area contributed by atoms with Crippen molar-refractivity contribution in [1.82, 2.24) is 10.2 Å². The average molecular weight is 230 g/mol. The lowest BCUT2D eigenvalue weighted by molar-refractivity contribution is 0.188. The van der Waals surface area contributed by atoms with E-state index in [0.717, 1.165) is 0 Å². The van der Waals surface area contributed by atoms with Crippen LogP contribution in [0.4, 0.5) is 6.01 Å². The minimum Gasteiger partial charge on any atom is -0.407 e. The first-order valence-corrected chi connectivity index (χ1v) is 5.07. The van der Waals surface area contributed by atoms with Crippen LogP contribution in [-0.4, -0.2) is 50.7 Å². The predicted octanol–water partition coefficient (Wildman–Crippen LogP) is -0.372. The van der Waals surface area contributed by atoms with Gasteiger partial charge in [0.25, 0.3) is 0 Å². The summed E-state index contributed by atoms with van der Waals surface area (Å²) in [4.78, 5) is 1.90. The molecule has 0 saturated heterocycles. The van der Waals surface area contributed by atoms with Crippen molar-refractivity contribution in [2.24, 2.45) is 5.73 Å². The number of nitrogens with two attached hydrogens (primary N) is 1. The Kier molecular flexibility index (Phi) is 5.76. The highest BCUT2D eigenvalue weighted by molar-refractivity contribution is 5.23. The van der Waals surface area contributed by atoms with E-state index in [9.17, 15) is 0 Å². The summed E-state index contributed by atoms with van der Waals surface area (Å²) in [6.07, 6.45) is 0. The van der Waals surface area contributed by atoms with Gasteiger partial charge in [-0.05, 0) is 0 Å². The quantitative estimate of drug-likeness (QED) is 0.651. The van der Waals surface area contributed by atoms with Gasteiger partial charge in [0, 0.05) is 27.3 Å². The van der Waals surface area contributed by atoms with Gasteiger partial charge in [-0.2, -0.15) is 0 Å². The molecule has 0 spiro atoms. The van der Waals surface area contributed by atoms with Crippen LogP contribution in [0.3, 0.4) is 0 Å². The Morgan fingerprint density at radius 1 is 1.19 bits per heavy atom. The van der Waals surface area contributed by atoms with E-state index < -0.39 is 0 Å². The molecular weight excluding hydrogens is 212 g/mol. The van der Waals surface area contributed by atoms with E-state index in [2.05, 4.69) is 10.2 Å². The van der Waals surface area contributed by atoms with Gasteiger partial charge >= 0.3 is 6.01 Å². The molecule has 16 heavy (non-hydrogen) atoms. The summed E-state index contributed by atoms with van der Waals surface area (Å²) in [5, 5.41) is 7.72. The molecule has 0 aliphatic rings. The van der Waals surface area contributed by atoms with Gasteiger partial charge in [-0.3, -0.25) is 0 Å². The van der Waals surface area contributed by atoms with Gasteiger partial charge in [0.2, 0.25) is 5.89 Å². The minimum absolute atomic E-state index is 0.245. The Morgan fingerprint density at radius 2 is 1.81 bits per heavy atom. The zero-order valence-electron chi connectivity index (χ0n) is 9.68. The van der Waals surface area contributed by atoms with Crippen molar-refractivity contribution in [3.05, 3.63) is 5.89 Å². The largest absolute Gasteiger partial charge is 0.407 e. The highest BCUT2D eigenvalue weighted by Crippen LogP contribution is 2.11. The van der Waals surface area contributed by atoms with Gasteiger partial charge in [-0.15, -0.1) is 5.10 Å². The zero-order valence-corrected chi connectivity index (χ0v) is 9.68. The predicted molar refractivity (Wildman–Crippen MR) is 58.2 cm³/mol. The molecule has 0 saturated carbocycles. The maximum Gasteiger partial charge on any atom is 0.318 e. The third-order valence-corrected chi connectivity index (χ3v) is 2.03. The molecule has 0 amide bonds. The fourth-order valence-corrected chi connectivity index (χ4v) is 1.16. The molecule has 0 aliphatic carbocycles. The number of anilines is 1. The summed E-state index contributed by atoms with van der Waals surface area (Å²) in [7, 11) is 3.29. The lowest BCUT2D eigenvalue weighted by Gasteiger charge is -2.18. The van der Waals surface area contributed by atoms with E-state index >= 15 is 0 Å². The first-order chi connectivity index (χ1) is 7.81. The molecule has 0 fully saturated rings. The molecule has 0 aliphatic heterocycles. The first-order valence-electron chi connectivity index (χ1n) is 5.07. The first kappa shape index (κ1) is 12.9. The second-order valence-corrected chi connectivity index (χ2v) is 3.16. The molecule has 1 heterocycles. The van der Waals surface area contributed by atoms with Crippen molar-refractivity contribution in [2.75, 3.05) is 45.4 Å². The standard InChI is InChI=1S/C9H18N4O3/c1-14-5-3-13(4-6-15-2)9-12-11-8(7-10)16-9/h3-7,10H2,1-2H3. The Balaban J connectivity index is 2.58. The van der Waals surface area contributed by atoms with Crippen LogP contribution in [0.1, 0.15) is 5.89 Å². The lowest BCUT2D eigenvalue weighted by Crippen LogP contribution is -2.30. The zero-order chi connectivity index (χ0) is 11.8. The third-order valence-electron chi connectivity index (χ3n) is 2.03. The van der Waals surface area contributed by atoms with Crippen molar-refractivity contribution >= 4 is 6.01 Å². The Hall–Kier alpha value is -1.18. The van der Waals surface area contributed by atoms with Gasteiger partial charge in [0.05, 0.1) is 19.8 Å². The summed E-state index contributed by atoms with van der Waals surface area (Å²) in [5.74, 6) is 0.426. The summed E-state index contributed by atoms with van der Waals surface area (Å²) in [6, 6.07) is 0.453. The molecule has 0 bridgehead atoms. The Labute approximate surface area is 94.5 Å². The van der Waals surface area contributed by atoms with Crippen molar-refractivity contribution in [3.8, 4) is 0 Å². The molecule has 1 rings (SSSR count). The molecule has 0 radical (unpaired) electrons. The number of nitrogens with zero attached hydrogens (tertiary/aromatic N) is 3. The van der Waals surface area contributed by atoms with Crippen LogP contribution in [-0.2, 0) is 16.0 Å². The molecule has 0 aromatic carbocycles. The van der Waals surface area contributed by atoms with E-state index in [4.69, 9.17) is 19.6 Å². The SMILES string of the molecule is COCCN(CCOC)c1nnc(CN)o1. The van der Waals surface area contributed by atoms with Crippen molar-refractivity contribution in [3.63, 3.8) is 0 Å². The normalized spacial score (nSPS) is 10.7. The van der Waals surface area contributed by atoms with E-state index in [1.807, 2.05) is 4.90 Å². The van der Waals surface area contributed by atoms with Crippen LogP contribution >= 0.6 is 0 Å². The van der Waals surface area contributed by atoms with Crippen LogP contribution in [0.5, 0.6) is 0 Å². The van der Waals surface area contributed by atoms with Crippen LogP contribution in [0.25, 0.3) is 0 Å². The maximum absolute atomic E-state index is 5.40. The smallest absolute Gasteiger partial charge is 0.318 e. The molecule has 1 aromatic heterocycles. The maximum atomic E-state index is 5.40. The average Bonchev–Trinajstić information content (AvgIpc) is 2.78. The summed E-state index contributed by atoms with van der Waals surface area (Å²) in [5.41, 5.74) is 5.40. The van der Waals surface area contributed by atoms with E-state index in [1.165, 1.54) is 0 Å². The molecule has 1 aromatic rings. The van der Waals surface area contributed by atoms with Gasteiger partial charge in [-0.25, -0.2) is 0 Å². The highest BCUT2D eigenvalue weighted by atomic mass is 16.5. The molecule has 2 N–H and O–H groups in total. The van der Waals surface area contributed by atoms with Crippen molar-refractivity contribution < 1.29 is 13.9 Å². The van der Waals surface area contributed by atoms with Crippen LogP contribution in [0.15, 0.2) is 4.42 Å². The summed E-state index contributed by atoms with van der Waals surface area (Å²) >= 11 is 0. The third kappa shape index (κ3) is 3.76. The van der Waals surface area contributed by atoms with E-state index in [-0.39, 0.29) is 6.54 Å². The van der Waals surface area contributed by atoms with Gasteiger partial charge in [-0.1, -0.05) is 5.10 Å². The number of methoxy groups -OCH3 is 2. The molecule has 7 heteroatoms. The molecule has 7 nitrogen and oxygen atoms in total. The second kappa shape index (κ2) is 7.15. The number of hydrogen-bond donors (Lipinski definition) is 1. The fourth-order valence-electron chi connectivity index (χ4n) is 1.16. The summed E-state index contributed by atoms with van der Waals surface area (Å²) in [6.45, 7) is 2.77. The highest BCUT2D eigenvalue weighted by Gasteiger charge is 2.13. The van der Waals surface area contributed by atoms with Gasteiger partial charge in [0.15, 0.2) is 0 Å². The summed E-state index contributed by atoms with van der Waals surface area (Å²) < 4.78 is 15.4. The number of hydrogen-bond acceptors (Lipinski definition) is 7. The van der Waals surface area contributed by atoms with Crippen molar-refractivity contribution in [1.29, 1.82) is 0 Å². The van der Waals surface area contributed by atoms with Crippen LogP contribution < -0.4 is 10.6 Å². The van der Waals surface area contributed by atoms with Crippen LogP contribution in [0, 0.1) is 0 Å². The Morgan fingerprint density at radius 3 is 2.25 bits per heavy atom. The molecule has 92 valence electrons. The topological polar surface area (TPSA) is 86.6 Å². The fraction of sp³-hybridized carbons (Fsp3) is 0.778. The van der Waals surface area contributed by atoms with Crippen LogP contribution in [0.2, 0.25) is 0 Å². The minimum atomic E-state index is 0.245. The van der Waals surface area contributed by atoms with Crippen molar-refractivity contribution in [2.45, 2.75) is 6.54 Å². The van der Waals surface area contributed by atoms with E-state index in [1.54, 1.807) is 14.2 Å². The lowest BCUT2D eigenvalue weighted by atomic mass is 10.5. The number of ether oxygens (including phenoxy) is 2.